The Morgan fingerprint density at radius 1 is 1.00 bits per heavy atom. The molecule has 0 bridgehead atoms. The second kappa shape index (κ2) is 8.78. The first-order chi connectivity index (χ1) is 13.5. The molecule has 1 aliphatic rings. The molecule has 0 saturated carbocycles. The standard InChI is InChI=1S/C22H26N2O4/c1-15-6-4-5-7-18(15)22(26)24-12-10-17(11-13-24)23-21(25)16-8-9-19(27-2)20(14-16)28-3/h4-9,14,17H,10-13H2,1-3H3,(H,23,25). The van der Waals surface area contributed by atoms with Gasteiger partial charge in [-0.1, -0.05) is 18.2 Å². The van der Waals surface area contributed by atoms with Crippen molar-refractivity contribution < 1.29 is 19.1 Å². The van der Waals surface area contributed by atoms with Crippen LogP contribution in [0.25, 0.3) is 0 Å². The van der Waals surface area contributed by atoms with E-state index in [1.807, 2.05) is 36.1 Å². The van der Waals surface area contributed by atoms with Crippen LogP contribution in [0.2, 0.25) is 0 Å². The highest BCUT2D eigenvalue weighted by molar-refractivity contribution is 5.96. The van der Waals surface area contributed by atoms with Gasteiger partial charge < -0.3 is 19.7 Å². The zero-order valence-corrected chi connectivity index (χ0v) is 16.5. The summed E-state index contributed by atoms with van der Waals surface area (Å²) >= 11 is 0. The Morgan fingerprint density at radius 2 is 1.68 bits per heavy atom. The van der Waals surface area contributed by atoms with Crippen LogP contribution in [-0.2, 0) is 0 Å². The van der Waals surface area contributed by atoms with Gasteiger partial charge in [0.25, 0.3) is 11.8 Å². The first kappa shape index (κ1) is 19.7. The number of nitrogens with zero attached hydrogens (tertiary/aromatic N) is 1. The molecule has 0 radical (unpaired) electrons. The van der Waals surface area contributed by atoms with Crippen LogP contribution < -0.4 is 14.8 Å². The van der Waals surface area contributed by atoms with Crippen molar-refractivity contribution in [1.82, 2.24) is 10.2 Å². The molecular formula is C22H26N2O4. The lowest BCUT2D eigenvalue weighted by atomic mass is 10.0. The molecule has 1 heterocycles. The summed E-state index contributed by atoms with van der Waals surface area (Å²) in [7, 11) is 3.10. The number of carbonyl (C=O) groups excluding carboxylic acids is 2. The molecule has 0 aromatic heterocycles. The van der Waals surface area contributed by atoms with Crippen LogP contribution in [0.5, 0.6) is 11.5 Å². The van der Waals surface area contributed by atoms with Gasteiger partial charge in [-0.05, 0) is 49.6 Å². The Kier molecular flexibility index (Phi) is 6.19. The summed E-state index contributed by atoms with van der Waals surface area (Å²) in [5.41, 5.74) is 2.25. The molecule has 2 aromatic carbocycles. The van der Waals surface area contributed by atoms with Gasteiger partial charge in [-0.3, -0.25) is 9.59 Å². The van der Waals surface area contributed by atoms with Gasteiger partial charge in [-0.2, -0.15) is 0 Å². The number of ether oxygens (including phenoxy) is 2. The van der Waals surface area contributed by atoms with Crippen LogP contribution in [0, 0.1) is 6.92 Å². The number of methoxy groups -OCH3 is 2. The summed E-state index contributed by atoms with van der Waals surface area (Å²) in [6.07, 6.45) is 1.47. The van der Waals surface area contributed by atoms with Crippen molar-refractivity contribution >= 4 is 11.8 Å². The normalized spacial score (nSPS) is 14.5. The fourth-order valence-corrected chi connectivity index (χ4v) is 3.46. The number of benzene rings is 2. The molecule has 28 heavy (non-hydrogen) atoms. The summed E-state index contributed by atoms with van der Waals surface area (Å²) in [5.74, 6) is 1.02. The fraction of sp³-hybridized carbons (Fsp3) is 0.364. The van der Waals surface area contributed by atoms with E-state index in [1.54, 1.807) is 32.4 Å². The number of amides is 2. The van der Waals surface area contributed by atoms with E-state index in [-0.39, 0.29) is 17.9 Å². The molecule has 1 saturated heterocycles. The van der Waals surface area contributed by atoms with Gasteiger partial charge in [0.2, 0.25) is 0 Å². The van der Waals surface area contributed by atoms with E-state index < -0.39 is 0 Å². The van der Waals surface area contributed by atoms with Crippen LogP contribution in [-0.4, -0.2) is 50.1 Å². The third-order valence-electron chi connectivity index (χ3n) is 5.14. The molecule has 2 amide bonds. The van der Waals surface area contributed by atoms with Crippen LogP contribution >= 0.6 is 0 Å². The quantitative estimate of drug-likeness (QED) is 0.863. The van der Waals surface area contributed by atoms with E-state index in [2.05, 4.69) is 5.32 Å². The van der Waals surface area contributed by atoms with E-state index >= 15 is 0 Å². The highest BCUT2D eigenvalue weighted by Gasteiger charge is 2.25. The number of nitrogens with one attached hydrogen (secondary N) is 1. The zero-order chi connectivity index (χ0) is 20.1. The molecule has 0 unspecified atom stereocenters. The second-order valence-corrected chi connectivity index (χ2v) is 6.92. The highest BCUT2D eigenvalue weighted by Crippen LogP contribution is 2.27. The smallest absolute Gasteiger partial charge is 0.254 e. The van der Waals surface area contributed by atoms with Crippen LogP contribution in [0.4, 0.5) is 0 Å². The number of hydrogen-bond donors (Lipinski definition) is 1. The highest BCUT2D eigenvalue weighted by atomic mass is 16.5. The Labute approximate surface area is 165 Å². The molecule has 1 N–H and O–H groups in total. The number of hydrogen-bond acceptors (Lipinski definition) is 4. The largest absolute Gasteiger partial charge is 0.493 e. The number of likely N-dealkylation sites (tertiary alicyclic amines) is 1. The van der Waals surface area contributed by atoms with E-state index in [9.17, 15) is 9.59 Å². The van der Waals surface area contributed by atoms with Crippen molar-refractivity contribution in [3.8, 4) is 11.5 Å². The third kappa shape index (κ3) is 4.27. The molecular weight excluding hydrogens is 356 g/mol. The molecule has 0 atom stereocenters. The van der Waals surface area contributed by atoms with E-state index in [0.717, 1.165) is 24.0 Å². The van der Waals surface area contributed by atoms with Crippen LogP contribution in [0.1, 0.15) is 39.1 Å². The van der Waals surface area contributed by atoms with Crippen LogP contribution in [0.15, 0.2) is 42.5 Å². The minimum atomic E-state index is -0.148. The molecule has 1 fully saturated rings. The van der Waals surface area contributed by atoms with Crippen molar-refractivity contribution in [2.75, 3.05) is 27.3 Å². The van der Waals surface area contributed by atoms with E-state index in [1.165, 1.54) is 0 Å². The maximum absolute atomic E-state index is 12.7. The second-order valence-electron chi connectivity index (χ2n) is 6.92. The predicted octanol–water partition coefficient (Wildman–Crippen LogP) is 3.05. The van der Waals surface area contributed by atoms with Gasteiger partial charge in [0.1, 0.15) is 0 Å². The Morgan fingerprint density at radius 3 is 2.32 bits per heavy atom. The Bertz CT molecular complexity index is 857. The van der Waals surface area contributed by atoms with Gasteiger partial charge in [0.15, 0.2) is 11.5 Å². The van der Waals surface area contributed by atoms with Crippen LogP contribution in [0.3, 0.4) is 0 Å². The lowest BCUT2D eigenvalue weighted by molar-refractivity contribution is 0.0697. The summed E-state index contributed by atoms with van der Waals surface area (Å²) in [4.78, 5) is 27.2. The van der Waals surface area contributed by atoms with Crippen molar-refractivity contribution in [2.24, 2.45) is 0 Å². The topological polar surface area (TPSA) is 67.9 Å². The van der Waals surface area contributed by atoms with Crippen molar-refractivity contribution in [3.05, 3.63) is 59.2 Å². The molecule has 148 valence electrons. The molecule has 0 aliphatic carbocycles. The number of carbonyl (C=O) groups is 2. The maximum Gasteiger partial charge on any atom is 0.254 e. The summed E-state index contributed by atoms with van der Waals surface area (Å²) in [5, 5.41) is 3.06. The third-order valence-corrected chi connectivity index (χ3v) is 5.14. The minimum absolute atomic E-state index is 0.0431. The lowest BCUT2D eigenvalue weighted by Gasteiger charge is -2.32. The number of piperidine rings is 1. The van der Waals surface area contributed by atoms with Crippen molar-refractivity contribution in [2.45, 2.75) is 25.8 Å². The van der Waals surface area contributed by atoms with Crippen molar-refractivity contribution in [1.29, 1.82) is 0 Å². The Balaban J connectivity index is 1.58. The van der Waals surface area contributed by atoms with E-state index in [4.69, 9.17) is 9.47 Å². The molecule has 1 aliphatic heterocycles. The zero-order valence-electron chi connectivity index (χ0n) is 16.5. The van der Waals surface area contributed by atoms with Gasteiger partial charge >= 0.3 is 0 Å². The first-order valence-electron chi connectivity index (χ1n) is 9.41. The molecule has 2 aromatic rings. The summed E-state index contributed by atoms with van der Waals surface area (Å²) in [6.45, 7) is 3.21. The van der Waals surface area contributed by atoms with Gasteiger partial charge in [0.05, 0.1) is 14.2 Å². The monoisotopic (exact) mass is 382 g/mol. The summed E-state index contributed by atoms with van der Waals surface area (Å²) in [6, 6.07) is 12.8. The lowest BCUT2D eigenvalue weighted by Crippen LogP contribution is -2.46. The SMILES string of the molecule is COc1ccc(C(=O)NC2CCN(C(=O)c3ccccc3C)CC2)cc1OC. The number of rotatable bonds is 5. The molecule has 6 heteroatoms. The van der Waals surface area contributed by atoms with Gasteiger partial charge in [-0.25, -0.2) is 0 Å². The maximum atomic E-state index is 12.7. The average molecular weight is 382 g/mol. The van der Waals surface area contributed by atoms with E-state index in [0.29, 0.717) is 30.2 Å². The number of aryl methyl sites for hydroxylation is 1. The minimum Gasteiger partial charge on any atom is -0.493 e. The molecule has 0 spiro atoms. The predicted molar refractivity (Wildman–Crippen MR) is 107 cm³/mol. The fourth-order valence-electron chi connectivity index (χ4n) is 3.46. The molecule has 3 rings (SSSR count). The average Bonchev–Trinajstić information content (AvgIpc) is 2.73. The molecule has 6 nitrogen and oxygen atoms in total. The summed E-state index contributed by atoms with van der Waals surface area (Å²) < 4.78 is 10.5. The Hall–Kier alpha value is -3.02. The van der Waals surface area contributed by atoms with Gasteiger partial charge in [0, 0.05) is 30.3 Å². The van der Waals surface area contributed by atoms with Crippen molar-refractivity contribution in [3.63, 3.8) is 0 Å². The van der Waals surface area contributed by atoms with Gasteiger partial charge in [-0.15, -0.1) is 0 Å². The first-order valence-corrected chi connectivity index (χ1v) is 9.41.